The number of nitrogens with one attached hydrogen (secondary N) is 1. The quantitative estimate of drug-likeness (QED) is 0.540. The second-order valence-corrected chi connectivity index (χ2v) is 6.37. The molecule has 3 aromatic carbocycles. The Labute approximate surface area is 160 Å². The van der Waals surface area contributed by atoms with Gasteiger partial charge in [0.25, 0.3) is 5.91 Å². The zero-order valence-corrected chi connectivity index (χ0v) is 15.0. The predicted octanol–water partition coefficient (Wildman–Crippen LogP) is 5.16. The number of anilines is 1. The number of hydrogen-bond acceptors (Lipinski definition) is 3. The van der Waals surface area contributed by atoms with E-state index < -0.39 is 11.7 Å². The van der Waals surface area contributed by atoms with Crippen LogP contribution in [0.3, 0.4) is 0 Å². The van der Waals surface area contributed by atoms with E-state index in [-0.39, 0.29) is 22.3 Å². The average molecular weight is 373 g/mol. The first-order valence-electron chi connectivity index (χ1n) is 8.74. The maximum absolute atomic E-state index is 13.9. The fourth-order valence-corrected chi connectivity index (χ4v) is 3.11. The number of hydrogen-bond donors (Lipinski definition) is 1. The van der Waals surface area contributed by atoms with Gasteiger partial charge in [-0.3, -0.25) is 9.59 Å². The summed E-state index contributed by atoms with van der Waals surface area (Å²) >= 11 is 0. The molecule has 4 nitrogen and oxygen atoms in total. The van der Waals surface area contributed by atoms with Gasteiger partial charge in [-0.15, -0.1) is 0 Å². The first-order chi connectivity index (χ1) is 13.6. The third kappa shape index (κ3) is 3.07. The van der Waals surface area contributed by atoms with E-state index in [1.165, 1.54) is 18.2 Å². The highest BCUT2D eigenvalue weighted by Crippen LogP contribution is 2.27. The molecule has 0 spiro atoms. The Bertz CT molecular complexity index is 1250. The third-order valence-electron chi connectivity index (χ3n) is 4.55. The van der Waals surface area contributed by atoms with Crippen LogP contribution >= 0.6 is 0 Å². The molecule has 28 heavy (non-hydrogen) atoms. The maximum Gasteiger partial charge on any atom is 0.259 e. The van der Waals surface area contributed by atoms with Crippen LogP contribution in [-0.4, -0.2) is 5.91 Å². The molecule has 1 amide bonds. The molecule has 0 aliphatic carbocycles. The minimum atomic E-state index is -0.554. The lowest BCUT2D eigenvalue weighted by Gasteiger charge is -2.11. The maximum atomic E-state index is 13.9. The molecule has 1 N–H and O–H groups in total. The Morgan fingerprint density at radius 1 is 0.929 bits per heavy atom. The summed E-state index contributed by atoms with van der Waals surface area (Å²) in [5.41, 5.74) is 1.39. The van der Waals surface area contributed by atoms with E-state index in [0.717, 1.165) is 5.56 Å². The molecule has 1 aromatic heterocycles. The van der Waals surface area contributed by atoms with Gasteiger partial charge >= 0.3 is 0 Å². The lowest BCUT2D eigenvalue weighted by atomic mass is 10.0. The molecule has 0 saturated carbocycles. The molecule has 0 unspecified atom stereocenters. The molecule has 0 aliphatic heterocycles. The summed E-state index contributed by atoms with van der Waals surface area (Å²) in [4.78, 5) is 25.6. The minimum absolute atomic E-state index is 0.0576. The number of carbonyl (C=O) groups is 1. The number of rotatable bonds is 3. The normalized spacial score (nSPS) is 10.8. The van der Waals surface area contributed by atoms with Crippen molar-refractivity contribution in [1.29, 1.82) is 0 Å². The van der Waals surface area contributed by atoms with Gasteiger partial charge in [-0.2, -0.15) is 0 Å². The predicted molar refractivity (Wildman–Crippen MR) is 107 cm³/mol. The van der Waals surface area contributed by atoms with E-state index in [1.54, 1.807) is 31.2 Å². The highest BCUT2D eigenvalue weighted by Gasteiger charge is 2.19. The van der Waals surface area contributed by atoms with Crippen LogP contribution in [0.15, 0.2) is 82.0 Å². The van der Waals surface area contributed by atoms with Crippen molar-refractivity contribution in [1.82, 2.24) is 0 Å². The van der Waals surface area contributed by atoms with Crippen molar-refractivity contribution >= 4 is 22.6 Å². The average Bonchev–Trinajstić information content (AvgIpc) is 2.72. The minimum Gasteiger partial charge on any atom is -0.455 e. The fourth-order valence-electron chi connectivity index (χ4n) is 3.11. The Balaban J connectivity index is 1.88. The van der Waals surface area contributed by atoms with Crippen LogP contribution in [0.1, 0.15) is 15.9 Å². The van der Waals surface area contributed by atoms with Crippen LogP contribution in [0.2, 0.25) is 0 Å². The molecule has 0 fully saturated rings. The second kappa shape index (κ2) is 7.12. The summed E-state index contributed by atoms with van der Waals surface area (Å²) in [5, 5.41) is 2.84. The van der Waals surface area contributed by atoms with E-state index >= 15 is 0 Å². The molecule has 0 aliphatic rings. The van der Waals surface area contributed by atoms with Crippen molar-refractivity contribution in [3.8, 4) is 11.3 Å². The van der Waals surface area contributed by atoms with Crippen LogP contribution in [0.25, 0.3) is 22.3 Å². The van der Waals surface area contributed by atoms with Gasteiger partial charge in [-0.05, 0) is 31.2 Å². The number of benzene rings is 3. The van der Waals surface area contributed by atoms with Crippen LogP contribution < -0.4 is 10.7 Å². The van der Waals surface area contributed by atoms with Gasteiger partial charge in [0.15, 0.2) is 11.0 Å². The first kappa shape index (κ1) is 17.7. The molecule has 0 radical (unpaired) electrons. The van der Waals surface area contributed by atoms with E-state index in [2.05, 4.69) is 5.32 Å². The molecule has 1 heterocycles. The molecule has 0 saturated heterocycles. The number of para-hydroxylation sites is 2. The van der Waals surface area contributed by atoms with Gasteiger partial charge in [0, 0.05) is 11.1 Å². The Hall–Kier alpha value is -3.73. The van der Waals surface area contributed by atoms with Crippen LogP contribution in [0.5, 0.6) is 0 Å². The largest absolute Gasteiger partial charge is 0.455 e. The molecular formula is C23H16FNO3. The number of amides is 1. The monoisotopic (exact) mass is 373 g/mol. The molecular weight excluding hydrogens is 357 g/mol. The Morgan fingerprint density at radius 2 is 1.64 bits per heavy atom. The van der Waals surface area contributed by atoms with Gasteiger partial charge in [0.05, 0.1) is 16.6 Å². The zero-order valence-electron chi connectivity index (χ0n) is 15.0. The van der Waals surface area contributed by atoms with Gasteiger partial charge in [0.1, 0.15) is 11.6 Å². The number of carbonyl (C=O) groups excluding carboxylic acids is 1. The zero-order chi connectivity index (χ0) is 19.7. The van der Waals surface area contributed by atoms with Gasteiger partial charge in [0.2, 0.25) is 0 Å². The highest BCUT2D eigenvalue weighted by molar-refractivity contribution is 6.11. The van der Waals surface area contributed by atoms with E-state index in [4.69, 9.17) is 4.42 Å². The van der Waals surface area contributed by atoms with Crippen LogP contribution in [-0.2, 0) is 0 Å². The van der Waals surface area contributed by atoms with Crippen molar-refractivity contribution in [3.63, 3.8) is 0 Å². The third-order valence-corrected chi connectivity index (χ3v) is 4.55. The van der Waals surface area contributed by atoms with Crippen molar-refractivity contribution in [2.45, 2.75) is 6.92 Å². The number of halogens is 1. The summed E-state index contributed by atoms with van der Waals surface area (Å²) < 4.78 is 19.9. The summed E-state index contributed by atoms with van der Waals surface area (Å²) in [6.45, 7) is 1.69. The Kier molecular flexibility index (Phi) is 4.49. The van der Waals surface area contributed by atoms with Crippen molar-refractivity contribution < 1.29 is 13.6 Å². The van der Waals surface area contributed by atoms with Crippen LogP contribution in [0.4, 0.5) is 10.1 Å². The topological polar surface area (TPSA) is 59.3 Å². The molecule has 0 bridgehead atoms. The standard InChI is InChI=1S/C23H16FNO3/c1-14-20(26)16-10-7-11-17(23(27)25-19-13-6-5-12-18(19)24)22(16)28-21(14)15-8-3-2-4-9-15/h2-13H,1H3,(H,25,27). The van der Waals surface area contributed by atoms with Crippen molar-refractivity contribution in [2.75, 3.05) is 5.32 Å². The number of fused-ring (bicyclic) bond motifs is 1. The van der Waals surface area contributed by atoms with Gasteiger partial charge < -0.3 is 9.73 Å². The van der Waals surface area contributed by atoms with E-state index in [9.17, 15) is 14.0 Å². The molecule has 4 rings (SSSR count). The summed E-state index contributed by atoms with van der Waals surface area (Å²) in [6.07, 6.45) is 0. The van der Waals surface area contributed by atoms with Gasteiger partial charge in [-0.25, -0.2) is 4.39 Å². The first-order valence-corrected chi connectivity index (χ1v) is 8.74. The lowest BCUT2D eigenvalue weighted by Crippen LogP contribution is -2.15. The fraction of sp³-hybridized carbons (Fsp3) is 0.0435. The van der Waals surface area contributed by atoms with Crippen LogP contribution in [0, 0.1) is 12.7 Å². The summed E-state index contributed by atoms with van der Waals surface area (Å²) in [7, 11) is 0. The molecule has 4 aromatic rings. The summed E-state index contributed by atoms with van der Waals surface area (Å²) in [6, 6.07) is 19.9. The van der Waals surface area contributed by atoms with E-state index in [0.29, 0.717) is 16.7 Å². The van der Waals surface area contributed by atoms with E-state index in [1.807, 2.05) is 30.3 Å². The Morgan fingerprint density at radius 3 is 2.39 bits per heavy atom. The van der Waals surface area contributed by atoms with Gasteiger partial charge in [-0.1, -0.05) is 48.5 Å². The second-order valence-electron chi connectivity index (χ2n) is 6.37. The SMILES string of the molecule is Cc1c(-c2ccccc2)oc2c(C(=O)Nc3ccccc3F)cccc2c1=O. The highest BCUT2D eigenvalue weighted by atomic mass is 19.1. The smallest absolute Gasteiger partial charge is 0.259 e. The summed E-state index contributed by atoms with van der Waals surface area (Å²) in [5.74, 6) is -0.690. The molecule has 0 atom stereocenters. The van der Waals surface area contributed by atoms with Crippen molar-refractivity contribution in [2.24, 2.45) is 0 Å². The molecule has 138 valence electrons. The van der Waals surface area contributed by atoms with Crippen molar-refractivity contribution in [3.05, 3.63) is 100.0 Å². The lowest BCUT2D eigenvalue weighted by molar-refractivity contribution is 0.102. The molecule has 5 heteroatoms.